The standard InChI is InChI=1S/C15H17Cl2N5O/c1-22(2)11-8-14(21-20-9-11)18-5-6-19-15(23)12-4-3-10(16)7-13(12)17/h3-4,7-9H,5-6H2,1-2H3,(H,18,21)(H,19,23). The van der Waals surface area contributed by atoms with Crippen LogP contribution in [0.25, 0.3) is 0 Å². The van der Waals surface area contributed by atoms with Gasteiger partial charge in [-0.05, 0) is 18.2 Å². The van der Waals surface area contributed by atoms with Crippen molar-refractivity contribution < 1.29 is 4.79 Å². The summed E-state index contributed by atoms with van der Waals surface area (Å²) < 4.78 is 0. The molecule has 0 aliphatic rings. The summed E-state index contributed by atoms with van der Waals surface area (Å²) in [4.78, 5) is 14.0. The van der Waals surface area contributed by atoms with E-state index in [0.717, 1.165) is 5.69 Å². The molecule has 122 valence electrons. The number of nitrogens with one attached hydrogen (secondary N) is 2. The molecular weight excluding hydrogens is 337 g/mol. The first-order valence-corrected chi connectivity index (χ1v) is 7.70. The van der Waals surface area contributed by atoms with Gasteiger partial charge in [0.1, 0.15) is 0 Å². The minimum absolute atomic E-state index is 0.249. The van der Waals surface area contributed by atoms with E-state index in [1.54, 1.807) is 24.4 Å². The van der Waals surface area contributed by atoms with Crippen molar-refractivity contribution >= 4 is 40.6 Å². The van der Waals surface area contributed by atoms with E-state index >= 15 is 0 Å². The smallest absolute Gasteiger partial charge is 0.252 e. The van der Waals surface area contributed by atoms with Crippen LogP contribution in [0.3, 0.4) is 0 Å². The summed E-state index contributed by atoms with van der Waals surface area (Å²) >= 11 is 11.8. The van der Waals surface area contributed by atoms with Gasteiger partial charge < -0.3 is 15.5 Å². The highest BCUT2D eigenvalue weighted by molar-refractivity contribution is 6.36. The van der Waals surface area contributed by atoms with Crippen molar-refractivity contribution in [2.75, 3.05) is 37.4 Å². The number of carbonyl (C=O) groups is 1. The number of hydrogen-bond donors (Lipinski definition) is 2. The third-order valence-corrected chi connectivity index (χ3v) is 3.60. The van der Waals surface area contributed by atoms with Crippen LogP contribution >= 0.6 is 23.2 Å². The predicted molar refractivity (Wildman–Crippen MR) is 93.6 cm³/mol. The van der Waals surface area contributed by atoms with E-state index in [0.29, 0.717) is 34.5 Å². The minimum Gasteiger partial charge on any atom is -0.376 e. The molecule has 1 aromatic heterocycles. The molecular formula is C15H17Cl2N5O. The molecule has 2 N–H and O–H groups in total. The van der Waals surface area contributed by atoms with E-state index in [9.17, 15) is 4.79 Å². The summed E-state index contributed by atoms with van der Waals surface area (Å²) in [5, 5.41) is 14.6. The summed E-state index contributed by atoms with van der Waals surface area (Å²) in [6, 6.07) is 6.64. The van der Waals surface area contributed by atoms with E-state index in [2.05, 4.69) is 20.8 Å². The lowest BCUT2D eigenvalue weighted by Crippen LogP contribution is -2.29. The van der Waals surface area contributed by atoms with Gasteiger partial charge in [-0.25, -0.2) is 0 Å². The van der Waals surface area contributed by atoms with E-state index in [1.807, 2.05) is 25.1 Å². The van der Waals surface area contributed by atoms with E-state index in [1.165, 1.54) is 0 Å². The molecule has 6 nitrogen and oxygen atoms in total. The number of amides is 1. The molecule has 0 spiro atoms. The van der Waals surface area contributed by atoms with Crippen LogP contribution in [-0.4, -0.2) is 43.3 Å². The molecule has 8 heteroatoms. The number of carbonyl (C=O) groups excluding carboxylic acids is 1. The van der Waals surface area contributed by atoms with E-state index in [4.69, 9.17) is 23.2 Å². The largest absolute Gasteiger partial charge is 0.376 e. The maximum atomic E-state index is 12.0. The zero-order valence-corrected chi connectivity index (χ0v) is 14.3. The lowest BCUT2D eigenvalue weighted by molar-refractivity contribution is 0.0955. The highest BCUT2D eigenvalue weighted by Gasteiger charge is 2.10. The van der Waals surface area contributed by atoms with E-state index in [-0.39, 0.29) is 5.91 Å². The number of anilines is 2. The van der Waals surface area contributed by atoms with Crippen molar-refractivity contribution in [3.05, 3.63) is 46.1 Å². The number of nitrogens with zero attached hydrogens (tertiary/aromatic N) is 3. The fourth-order valence-electron chi connectivity index (χ4n) is 1.82. The van der Waals surface area contributed by atoms with Gasteiger partial charge in [0.25, 0.3) is 5.91 Å². The summed E-state index contributed by atoms with van der Waals surface area (Å²) in [7, 11) is 3.85. The Morgan fingerprint density at radius 1 is 1.22 bits per heavy atom. The van der Waals surface area contributed by atoms with Crippen molar-refractivity contribution in [3.8, 4) is 0 Å². The van der Waals surface area contributed by atoms with Gasteiger partial charge in [-0.3, -0.25) is 4.79 Å². The van der Waals surface area contributed by atoms with Gasteiger partial charge in [0.2, 0.25) is 0 Å². The summed E-state index contributed by atoms with van der Waals surface area (Å²) in [5.74, 6) is 0.400. The average Bonchev–Trinajstić information content (AvgIpc) is 2.51. The molecule has 0 bridgehead atoms. The molecule has 1 aromatic carbocycles. The molecule has 0 saturated carbocycles. The molecule has 0 aliphatic heterocycles. The van der Waals surface area contributed by atoms with E-state index < -0.39 is 0 Å². The second kappa shape index (κ2) is 7.99. The SMILES string of the molecule is CN(C)c1cnnc(NCCNC(=O)c2ccc(Cl)cc2Cl)c1. The first-order chi connectivity index (χ1) is 11.0. The molecule has 0 saturated heterocycles. The maximum absolute atomic E-state index is 12.0. The number of halogens is 2. The topological polar surface area (TPSA) is 70.2 Å². The fourth-order valence-corrected chi connectivity index (χ4v) is 2.32. The van der Waals surface area contributed by atoms with Crippen LogP contribution in [0.4, 0.5) is 11.5 Å². The van der Waals surface area contributed by atoms with Crippen LogP contribution in [0.5, 0.6) is 0 Å². The van der Waals surface area contributed by atoms with Crippen molar-refractivity contribution in [2.24, 2.45) is 0 Å². The Kier molecular flexibility index (Phi) is 6.01. The zero-order chi connectivity index (χ0) is 16.8. The molecule has 2 rings (SSSR count). The summed E-state index contributed by atoms with van der Waals surface area (Å²) in [6.07, 6.45) is 1.68. The Bertz CT molecular complexity index is 693. The molecule has 0 unspecified atom stereocenters. The Morgan fingerprint density at radius 3 is 2.70 bits per heavy atom. The zero-order valence-electron chi connectivity index (χ0n) is 12.8. The third-order valence-electron chi connectivity index (χ3n) is 3.05. The van der Waals surface area contributed by atoms with Gasteiger partial charge in [0.15, 0.2) is 5.82 Å². The molecule has 0 aliphatic carbocycles. The predicted octanol–water partition coefficient (Wildman–Crippen LogP) is 2.69. The first kappa shape index (κ1) is 17.3. The van der Waals surface area contributed by atoms with Gasteiger partial charge in [0.05, 0.1) is 22.5 Å². The fraction of sp³-hybridized carbons (Fsp3) is 0.267. The van der Waals surface area contributed by atoms with Gasteiger partial charge in [-0.2, -0.15) is 5.10 Å². The highest BCUT2D eigenvalue weighted by atomic mass is 35.5. The van der Waals surface area contributed by atoms with Crippen molar-refractivity contribution in [1.82, 2.24) is 15.5 Å². The Balaban J connectivity index is 1.83. The number of benzene rings is 1. The normalized spacial score (nSPS) is 10.3. The third kappa shape index (κ3) is 4.97. The summed E-state index contributed by atoms with van der Waals surface area (Å²) in [6.45, 7) is 0.939. The van der Waals surface area contributed by atoms with Crippen LogP contribution < -0.4 is 15.5 Å². The van der Waals surface area contributed by atoms with Crippen LogP contribution in [0.15, 0.2) is 30.5 Å². The Morgan fingerprint density at radius 2 is 2.00 bits per heavy atom. The molecule has 0 fully saturated rings. The van der Waals surface area contributed by atoms with Crippen molar-refractivity contribution in [2.45, 2.75) is 0 Å². The van der Waals surface area contributed by atoms with Crippen LogP contribution in [0.1, 0.15) is 10.4 Å². The second-order valence-corrected chi connectivity index (χ2v) is 5.84. The summed E-state index contributed by atoms with van der Waals surface area (Å²) in [5.41, 5.74) is 1.34. The van der Waals surface area contributed by atoms with Gasteiger partial charge in [-0.15, -0.1) is 5.10 Å². The average molecular weight is 354 g/mol. The van der Waals surface area contributed by atoms with Gasteiger partial charge >= 0.3 is 0 Å². The van der Waals surface area contributed by atoms with Crippen LogP contribution in [0, 0.1) is 0 Å². The number of hydrogen-bond acceptors (Lipinski definition) is 5. The first-order valence-electron chi connectivity index (χ1n) is 6.94. The maximum Gasteiger partial charge on any atom is 0.252 e. The number of aromatic nitrogens is 2. The van der Waals surface area contributed by atoms with Crippen LogP contribution in [0.2, 0.25) is 10.0 Å². The van der Waals surface area contributed by atoms with Crippen LogP contribution in [-0.2, 0) is 0 Å². The molecule has 23 heavy (non-hydrogen) atoms. The van der Waals surface area contributed by atoms with Gasteiger partial charge in [-0.1, -0.05) is 23.2 Å². The lowest BCUT2D eigenvalue weighted by Gasteiger charge is -2.13. The molecule has 2 aromatic rings. The molecule has 1 heterocycles. The minimum atomic E-state index is -0.249. The Hall–Kier alpha value is -2.05. The second-order valence-electron chi connectivity index (χ2n) is 5.00. The monoisotopic (exact) mass is 353 g/mol. The lowest BCUT2D eigenvalue weighted by atomic mass is 10.2. The molecule has 0 atom stereocenters. The quantitative estimate of drug-likeness (QED) is 0.781. The number of rotatable bonds is 6. The van der Waals surface area contributed by atoms with Crippen molar-refractivity contribution in [3.63, 3.8) is 0 Å². The molecule has 0 radical (unpaired) electrons. The van der Waals surface area contributed by atoms with Gasteiger partial charge in [0, 0.05) is 38.3 Å². The van der Waals surface area contributed by atoms with Crippen molar-refractivity contribution in [1.29, 1.82) is 0 Å². The Labute approximate surface area is 144 Å². The molecule has 1 amide bonds. The highest BCUT2D eigenvalue weighted by Crippen LogP contribution is 2.20.